The van der Waals surface area contributed by atoms with E-state index < -0.39 is 5.97 Å². The minimum absolute atomic E-state index is 0.151. The first-order valence-electron chi connectivity index (χ1n) is 9.44. The summed E-state index contributed by atoms with van der Waals surface area (Å²) in [4.78, 5) is 27.7. The normalized spacial score (nSPS) is 10.9. The summed E-state index contributed by atoms with van der Waals surface area (Å²) in [5.74, 6) is -0.408. The van der Waals surface area contributed by atoms with Crippen molar-refractivity contribution in [1.29, 1.82) is 0 Å². The Kier molecular flexibility index (Phi) is 5.92. The van der Waals surface area contributed by atoms with Crippen molar-refractivity contribution in [3.05, 3.63) is 82.0 Å². The number of esters is 1. The van der Waals surface area contributed by atoms with E-state index in [4.69, 9.17) is 4.74 Å². The molecule has 0 aliphatic carbocycles. The lowest BCUT2D eigenvalue weighted by Crippen LogP contribution is -2.16. The van der Waals surface area contributed by atoms with Crippen LogP contribution in [0.5, 0.6) is 0 Å². The Labute approximate surface area is 182 Å². The summed E-state index contributed by atoms with van der Waals surface area (Å²) in [6.45, 7) is 2.06. The number of ether oxygens (including phenoxy) is 1. The Morgan fingerprint density at radius 3 is 2.47 bits per heavy atom. The second kappa shape index (κ2) is 8.77. The van der Waals surface area contributed by atoms with Gasteiger partial charge >= 0.3 is 5.97 Å². The topological polar surface area (TPSA) is 60.3 Å². The number of carbonyl (C=O) groups is 1. The van der Waals surface area contributed by atoms with E-state index in [0.717, 1.165) is 21.7 Å². The molecule has 0 atom stereocenters. The largest absolute Gasteiger partial charge is 0.462 e. The van der Waals surface area contributed by atoms with Crippen LogP contribution in [0.15, 0.2) is 76.4 Å². The van der Waals surface area contributed by atoms with Crippen molar-refractivity contribution in [2.45, 2.75) is 11.8 Å². The summed E-state index contributed by atoms with van der Waals surface area (Å²) >= 11 is 2.90. The van der Waals surface area contributed by atoms with E-state index >= 15 is 0 Å². The summed E-state index contributed by atoms with van der Waals surface area (Å²) in [5.41, 5.74) is 2.10. The molecule has 7 heteroatoms. The van der Waals surface area contributed by atoms with E-state index in [1.807, 2.05) is 60.9 Å². The predicted octanol–water partition coefficient (Wildman–Crippen LogP) is 5.69. The molecule has 0 radical (unpaired) electrons. The molecule has 1 N–H and O–H groups in total. The van der Waals surface area contributed by atoms with Crippen LogP contribution in [0.1, 0.15) is 16.6 Å². The molecule has 0 spiro atoms. The zero-order valence-corrected chi connectivity index (χ0v) is 18.2. The molecule has 4 aromatic rings. The van der Waals surface area contributed by atoms with Gasteiger partial charge in [-0.3, -0.25) is 9.36 Å². The van der Waals surface area contributed by atoms with Crippen LogP contribution in [0.2, 0.25) is 0 Å². The number of pyridine rings is 1. The van der Waals surface area contributed by atoms with E-state index in [2.05, 4.69) is 5.32 Å². The minimum Gasteiger partial charge on any atom is -0.462 e. The smallest absolute Gasteiger partial charge is 0.350 e. The zero-order valence-electron chi connectivity index (χ0n) is 16.5. The average molecular weight is 437 g/mol. The number of thiophene rings is 1. The number of rotatable bonds is 6. The number of aromatic nitrogens is 1. The fraction of sp³-hybridized carbons (Fsp3) is 0.130. The minimum atomic E-state index is -0.408. The highest BCUT2D eigenvalue weighted by Gasteiger charge is 2.22. The van der Waals surface area contributed by atoms with Crippen molar-refractivity contribution in [3.8, 4) is 5.69 Å². The third-order valence-electron chi connectivity index (χ3n) is 4.58. The van der Waals surface area contributed by atoms with Gasteiger partial charge in [0.05, 0.1) is 18.0 Å². The Balaban J connectivity index is 1.94. The number of hydrogen-bond donors (Lipinski definition) is 1. The first kappa shape index (κ1) is 20.3. The van der Waals surface area contributed by atoms with Crippen LogP contribution < -0.4 is 10.9 Å². The molecule has 0 fully saturated rings. The lowest BCUT2D eigenvalue weighted by atomic mass is 10.2. The Morgan fingerprint density at radius 2 is 1.80 bits per heavy atom. The maximum Gasteiger partial charge on any atom is 0.350 e. The molecule has 0 unspecified atom stereocenters. The van der Waals surface area contributed by atoms with Crippen LogP contribution in [0.3, 0.4) is 0 Å². The quantitative estimate of drug-likeness (QED) is 0.311. The lowest BCUT2D eigenvalue weighted by Gasteiger charge is -2.10. The van der Waals surface area contributed by atoms with Gasteiger partial charge in [-0.1, -0.05) is 18.2 Å². The van der Waals surface area contributed by atoms with Crippen LogP contribution >= 0.6 is 23.1 Å². The van der Waals surface area contributed by atoms with Gasteiger partial charge in [0.2, 0.25) is 0 Å². The number of fused-ring (bicyclic) bond motifs is 1. The number of hydrogen-bond acceptors (Lipinski definition) is 6. The van der Waals surface area contributed by atoms with Crippen molar-refractivity contribution in [2.75, 3.05) is 18.2 Å². The molecule has 0 aliphatic rings. The Morgan fingerprint density at radius 1 is 1.07 bits per heavy atom. The third-order valence-corrected chi connectivity index (χ3v) is 6.49. The molecule has 5 nitrogen and oxygen atoms in total. The van der Waals surface area contributed by atoms with E-state index in [-0.39, 0.29) is 12.2 Å². The van der Waals surface area contributed by atoms with Gasteiger partial charge in [0.1, 0.15) is 9.71 Å². The number of nitrogens with zero attached hydrogens (tertiary/aromatic N) is 1. The van der Waals surface area contributed by atoms with E-state index in [9.17, 15) is 9.59 Å². The number of para-hydroxylation sites is 1. The Bertz CT molecular complexity index is 1250. The van der Waals surface area contributed by atoms with Gasteiger partial charge in [0.25, 0.3) is 5.56 Å². The van der Waals surface area contributed by atoms with Crippen LogP contribution in [-0.2, 0) is 4.74 Å². The zero-order chi connectivity index (χ0) is 21.1. The fourth-order valence-corrected chi connectivity index (χ4v) is 4.76. The number of anilines is 2. The van der Waals surface area contributed by atoms with Crippen molar-refractivity contribution in [3.63, 3.8) is 0 Å². The summed E-state index contributed by atoms with van der Waals surface area (Å²) < 4.78 is 6.93. The monoisotopic (exact) mass is 436 g/mol. The Hall–Kier alpha value is -3.03. The molecule has 0 amide bonds. The molecule has 2 aromatic heterocycles. The first-order valence-corrected chi connectivity index (χ1v) is 11.5. The van der Waals surface area contributed by atoms with Gasteiger partial charge in [-0.15, -0.1) is 23.1 Å². The highest BCUT2D eigenvalue weighted by atomic mass is 32.2. The molecule has 0 saturated heterocycles. The van der Waals surface area contributed by atoms with Gasteiger partial charge in [0, 0.05) is 22.0 Å². The molecule has 152 valence electrons. The van der Waals surface area contributed by atoms with Crippen molar-refractivity contribution in [2.24, 2.45) is 0 Å². The van der Waals surface area contributed by atoms with Gasteiger partial charge in [-0.05, 0) is 55.6 Å². The molecule has 2 heterocycles. The summed E-state index contributed by atoms with van der Waals surface area (Å²) in [5, 5.41) is 4.13. The maximum atomic E-state index is 12.8. The SMILES string of the molecule is CCOC(=O)c1sc2c(ccc(=O)n2-c2ccc(SC)cc2)c1Nc1ccccc1. The third kappa shape index (κ3) is 3.86. The van der Waals surface area contributed by atoms with Gasteiger partial charge in [-0.2, -0.15) is 0 Å². The van der Waals surface area contributed by atoms with Crippen LogP contribution in [0.25, 0.3) is 15.9 Å². The summed E-state index contributed by atoms with van der Waals surface area (Å²) in [6, 6.07) is 20.7. The van der Waals surface area contributed by atoms with Gasteiger partial charge in [-0.25, -0.2) is 4.79 Å². The van der Waals surface area contributed by atoms with Crippen LogP contribution in [0, 0.1) is 0 Å². The van der Waals surface area contributed by atoms with E-state index in [1.165, 1.54) is 17.4 Å². The van der Waals surface area contributed by atoms with Crippen molar-refractivity contribution in [1.82, 2.24) is 4.57 Å². The molecule has 0 saturated carbocycles. The second-order valence-electron chi connectivity index (χ2n) is 6.44. The molecular formula is C23H20N2O3S2. The first-order chi connectivity index (χ1) is 14.6. The average Bonchev–Trinajstić information content (AvgIpc) is 3.13. The van der Waals surface area contributed by atoms with Crippen molar-refractivity contribution < 1.29 is 9.53 Å². The molecule has 4 rings (SSSR count). The van der Waals surface area contributed by atoms with E-state index in [1.54, 1.807) is 29.3 Å². The number of nitrogens with one attached hydrogen (secondary N) is 1. The van der Waals surface area contributed by atoms with Crippen molar-refractivity contribution >= 4 is 50.7 Å². The summed E-state index contributed by atoms with van der Waals surface area (Å²) in [6.07, 6.45) is 2.01. The highest BCUT2D eigenvalue weighted by molar-refractivity contribution is 7.98. The van der Waals surface area contributed by atoms with Crippen LogP contribution in [0.4, 0.5) is 11.4 Å². The molecule has 0 aliphatic heterocycles. The second-order valence-corrected chi connectivity index (χ2v) is 8.32. The van der Waals surface area contributed by atoms with E-state index in [0.29, 0.717) is 15.4 Å². The molecular weight excluding hydrogens is 416 g/mol. The number of thioether (sulfide) groups is 1. The predicted molar refractivity (Wildman–Crippen MR) is 125 cm³/mol. The van der Waals surface area contributed by atoms with Crippen LogP contribution in [-0.4, -0.2) is 23.4 Å². The maximum absolute atomic E-state index is 12.8. The molecule has 30 heavy (non-hydrogen) atoms. The standard InChI is InChI=1S/C23H20N2O3S2/c1-3-28-23(27)21-20(24-15-7-5-4-6-8-15)18-13-14-19(26)25(22(18)30-21)16-9-11-17(29-2)12-10-16/h4-14,24H,3H2,1-2H3. The molecule has 2 aromatic carbocycles. The van der Waals surface area contributed by atoms with Gasteiger partial charge < -0.3 is 10.1 Å². The lowest BCUT2D eigenvalue weighted by molar-refractivity contribution is 0.0533. The number of benzene rings is 2. The molecule has 0 bridgehead atoms. The fourth-order valence-electron chi connectivity index (χ4n) is 3.19. The number of carbonyl (C=O) groups excluding carboxylic acids is 1. The summed E-state index contributed by atoms with van der Waals surface area (Å²) in [7, 11) is 0. The van der Waals surface area contributed by atoms with Gasteiger partial charge in [0.15, 0.2) is 0 Å². The highest BCUT2D eigenvalue weighted by Crippen LogP contribution is 2.38.